The molecule has 1 amide bonds. The fourth-order valence-electron chi connectivity index (χ4n) is 4.44. The Kier molecular flexibility index (Phi) is 8.77. The number of para-hydroxylation sites is 2. The second kappa shape index (κ2) is 12.4. The van der Waals surface area contributed by atoms with Crippen LogP contribution in [0, 0.1) is 20.8 Å². The lowest BCUT2D eigenvalue weighted by molar-refractivity contribution is 0.0953. The highest BCUT2D eigenvalue weighted by atomic mass is 16.5. The number of carbonyl (C=O) groups is 1. The lowest BCUT2D eigenvalue weighted by atomic mass is 10.1. The minimum Gasteiger partial charge on any atom is -0.493 e. The van der Waals surface area contributed by atoms with E-state index in [9.17, 15) is 4.79 Å². The summed E-state index contributed by atoms with van der Waals surface area (Å²) in [5.41, 5.74) is 6.58. The van der Waals surface area contributed by atoms with E-state index < -0.39 is 0 Å². The molecule has 0 atom stereocenters. The first-order chi connectivity index (χ1) is 17.5. The molecule has 4 rings (SSSR count). The van der Waals surface area contributed by atoms with E-state index in [4.69, 9.17) is 9.72 Å². The van der Waals surface area contributed by atoms with Gasteiger partial charge in [0.1, 0.15) is 11.6 Å². The van der Waals surface area contributed by atoms with Gasteiger partial charge in [-0.2, -0.15) is 0 Å². The minimum atomic E-state index is -0.000122. The van der Waals surface area contributed by atoms with Crippen molar-refractivity contribution in [2.24, 2.45) is 0 Å². The molecule has 0 bridgehead atoms. The number of imidazole rings is 1. The van der Waals surface area contributed by atoms with Crippen molar-refractivity contribution in [3.05, 3.63) is 94.8 Å². The van der Waals surface area contributed by atoms with Crippen LogP contribution in [0.5, 0.6) is 5.75 Å². The van der Waals surface area contributed by atoms with Crippen molar-refractivity contribution in [3.63, 3.8) is 0 Å². The number of nitrogens with zero attached hydrogens (tertiary/aromatic N) is 2. The van der Waals surface area contributed by atoms with Crippen LogP contribution in [0.4, 0.5) is 0 Å². The van der Waals surface area contributed by atoms with Crippen molar-refractivity contribution in [2.45, 2.75) is 59.4 Å². The maximum atomic E-state index is 12.3. The highest BCUT2D eigenvalue weighted by Crippen LogP contribution is 2.22. The summed E-state index contributed by atoms with van der Waals surface area (Å²) < 4.78 is 8.43. The van der Waals surface area contributed by atoms with Gasteiger partial charge in [-0.05, 0) is 81.5 Å². The first-order valence-electron chi connectivity index (χ1n) is 13.0. The number of unbranched alkanes of at least 4 members (excludes halogenated alkanes) is 2. The van der Waals surface area contributed by atoms with E-state index in [0.717, 1.165) is 66.9 Å². The summed E-state index contributed by atoms with van der Waals surface area (Å²) >= 11 is 0. The lowest BCUT2D eigenvalue weighted by Crippen LogP contribution is -2.24. The molecular formula is C31H37N3O2. The van der Waals surface area contributed by atoms with Crippen LogP contribution in [-0.4, -0.2) is 28.6 Å². The summed E-state index contributed by atoms with van der Waals surface area (Å²) in [6.07, 6.45) is 4.90. The van der Waals surface area contributed by atoms with Crippen LogP contribution >= 0.6 is 0 Å². The van der Waals surface area contributed by atoms with Gasteiger partial charge in [0.05, 0.1) is 17.6 Å². The molecule has 5 heteroatoms. The Labute approximate surface area is 214 Å². The summed E-state index contributed by atoms with van der Waals surface area (Å²) in [6, 6.07) is 22.3. The van der Waals surface area contributed by atoms with E-state index in [2.05, 4.69) is 48.0 Å². The number of benzene rings is 3. The highest BCUT2D eigenvalue weighted by molar-refractivity contribution is 5.94. The Bertz CT molecular complexity index is 1290. The molecule has 0 aliphatic carbocycles. The van der Waals surface area contributed by atoms with Gasteiger partial charge >= 0.3 is 0 Å². The highest BCUT2D eigenvalue weighted by Gasteiger charge is 2.11. The van der Waals surface area contributed by atoms with E-state index in [1.165, 1.54) is 16.6 Å². The van der Waals surface area contributed by atoms with Crippen molar-refractivity contribution >= 4 is 16.9 Å². The molecule has 0 fully saturated rings. The summed E-state index contributed by atoms with van der Waals surface area (Å²) in [7, 11) is 0. The zero-order valence-electron chi connectivity index (χ0n) is 21.7. The Morgan fingerprint density at radius 1 is 0.889 bits per heavy atom. The Hall–Kier alpha value is -3.60. The molecule has 1 aromatic heterocycles. The van der Waals surface area contributed by atoms with Crippen molar-refractivity contribution in [2.75, 3.05) is 13.2 Å². The lowest BCUT2D eigenvalue weighted by Gasteiger charge is -2.13. The van der Waals surface area contributed by atoms with Crippen molar-refractivity contribution in [1.82, 2.24) is 14.9 Å². The van der Waals surface area contributed by atoms with E-state index in [1.54, 1.807) is 0 Å². The van der Waals surface area contributed by atoms with E-state index in [0.29, 0.717) is 13.2 Å². The topological polar surface area (TPSA) is 56.2 Å². The normalized spacial score (nSPS) is 11.1. The first-order valence-corrected chi connectivity index (χ1v) is 13.0. The molecule has 36 heavy (non-hydrogen) atoms. The molecule has 0 radical (unpaired) electrons. The van der Waals surface area contributed by atoms with Crippen molar-refractivity contribution in [3.8, 4) is 5.75 Å². The number of hydrogen-bond donors (Lipinski definition) is 1. The van der Waals surface area contributed by atoms with Gasteiger partial charge in [-0.15, -0.1) is 0 Å². The predicted molar refractivity (Wildman–Crippen MR) is 147 cm³/mol. The van der Waals surface area contributed by atoms with Gasteiger partial charge in [0.25, 0.3) is 5.91 Å². The Morgan fingerprint density at radius 2 is 1.69 bits per heavy atom. The van der Waals surface area contributed by atoms with Crippen molar-refractivity contribution in [1.29, 1.82) is 0 Å². The summed E-state index contributed by atoms with van der Waals surface area (Å²) in [5.74, 6) is 2.10. The number of aryl methyl sites for hydroxylation is 4. The Morgan fingerprint density at radius 3 is 2.53 bits per heavy atom. The van der Waals surface area contributed by atoms with Gasteiger partial charge in [-0.3, -0.25) is 4.79 Å². The van der Waals surface area contributed by atoms with E-state index in [-0.39, 0.29) is 5.91 Å². The van der Waals surface area contributed by atoms with Crippen LogP contribution in [0.2, 0.25) is 0 Å². The largest absolute Gasteiger partial charge is 0.493 e. The quantitative estimate of drug-likeness (QED) is 0.232. The van der Waals surface area contributed by atoms with Gasteiger partial charge < -0.3 is 14.6 Å². The zero-order chi connectivity index (χ0) is 25.3. The monoisotopic (exact) mass is 483 g/mol. The maximum Gasteiger partial charge on any atom is 0.251 e. The molecular weight excluding hydrogens is 446 g/mol. The second-order valence-corrected chi connectivity index (χ2v) is 9.50. The van der Waals surface area contributed by atoms with Crippen LogP contribution in [0.3, 0.4) is 0 Å². The molecule has 188 valence electrons. The van der Waals surface area contributed by atoms with Gasteiger partial charge in [-0.25, -0.2) is 4.98 Å². The third kappa shape index (κ3) is 6.54. The SMILES string of the molecule is Cc1ccc(C(=O)NCCCCCc2nc3ccccc3n2CCCOc2cccc(C)c2C)cc1. The number of amides is 1. The van der Waals surface area contributed by atoms with Crippen LogP contribution in [0.25, 0.3) is 11.0 Å². The van der Waals surface area contributed by atoms with Crippen LogP contribution in [0.15, 0.2) is 66.7 Å². The third-order valence-corrected chi connectivity index (χ3v) is 6.75. The number of ether oxygens (including phenoxy) is 1. The number of aromatic nitrogens is 2. The van der Waals surface area contributed by atoms with Gasteiger partial charge in [0.15, 0.2) is 0 Å². The first kappa shape index (κ1) is 25.5. The minimum absolute atomic E-state index is 0.000122. The summed E-state index contributed by atoms with van der Waals surface area (Å²) in [5, 5.41) is 3.03. The smallest absolute Gasteiger partial charge is 0.251 e. The van der Waals surface area contributed by atoms with Crippen LogP contribution < -0.4 is 10.1 Å². The molecule has 0 saturated heterocycles. The molecule has 5 nitrogen and oxygen atoms in total. The molecule has 0 unspecified atom stereocenters. The summed E-state index contributed by atoms with van der Waals surface area (Å²) in [6.45, 7) is 8.50. The number of carbonyl (C=O) groups excluding carboxylic acids is 1. The third-order valence-electron chi connectivity index (χ3n) is 6.75. The number of rotatable bonds is 12. The standard InChI is InChI=1S/C31H37N3O2/c1-23-16-18-26(19-17-23)31(35)32-20-8-4-5-15-30-33-27-12-6-7-13-28(27)34(30)21-10-22-36-29-14-9-11-24(2)25(29)3/h6-7,9,11-14,16-19H,4-5,8,10,15,20-22H2,1-3H3,(H,32,35). The van der Waals surface area contributed by atoms with Crippen molar-refractivity contribution < 1.29 is 9.53 Å². The maximum absolute atomic E-state index is 12.3. The van der Waals surface area contributed by atoms with E-state index >= 15 is 0 Å². The molecule has 3 aromatic carbocycles. The van der Waals surface area contributed by atoms with Crippen LogP contribution in [0.1, 0.15) is 58.6 Å². The number of nitrogens with one attached hydrogen (secondary N) is 1. The van der Waals surface area contributed by atoms with Crippen LogP contribution in [-0.2, 0) is 13.0 Å². The van der Waals surface area contributed by atoms with Gasteiger partial charge in [0, 0.05) is 25.1 Å². The number of hydrogen-bond acceptors (Lipinski definition) is 3. The van der Waals surface area contributed by atoms with Gasteiger partial charge in [0.2, 0.25) is 0 Å². The number of fused-ring (bicyclic) bond motifs is 1. The molecule has 1 heterocycles. The second-order valence-electron chi connectivity index (χ2n) is 9.50. The average Bonchev–Trinajstić information content (AvgIpc) is 3.24. The molecule has 1 N–H and O–H groups in total. The fraction of sp³-hybridized carbons (Fsp3) is 0.355. The van der Waals surface area contributed by atoms with E-state index in [1.807, 2.05) is 49.4 Å². The molecule has 4 aromatic rings. The summed E-state index contributed by atoms with van der Waals surface area (Å²) in [4.78, 5) is 17.2. The molecule has 0 spiro atoms. The average molecular weight is 484 g/mol. The fourth-order valence-corrected chi connectivity index (χ4v) is 4.44. The molecule has 0 aliphatic rings. The molecule has 0 saturated carbocycles. The predicted octanol–water partition coefficient (Wildman–Crippen LogP) is 6.57. The zero-order valence-corrected chi connectivity index (χ0v) is 21.7. The Balaban J connectivity index is 1.25. The molecule has 0 aliphatic heterocycles. The van der Waals surface area contributed by atoms with Gasteiger partial charge in [-0.1, -0.05) is 48.4 Å².